The van der Waals surface area contributed by atoms with E-state index in [4.69, 9.17) is 27.9 Å². The molecule has 11 heteroatoms. The predicted molar refractivity (Wildman–Crippen MR) is 138 cm³/mol. The number of nitro groups is 1. The van der Waals surface area contributed by atoms with Crippen LogP contribution in [0.1, 0.15) is 5.56 Å². The SMILES string of the molecule is O=C1S/C(=C\c2ccc(Sc3ccc(Cl)cc3)c([N+](=O)[O-])c2)C(=O)N1CCOc1ccc(Cl)cc1. The van der Waals surface area contributed by atoms with Gasteiger partial charge in [-0.1, -0.05) is 41.0 Å². The van der Waals surface area contributed by atoms with Crippen LogP contribution in [0, 0.1) is 10.1 Å². The molecule has 0 atom stereocenters. The summed E-state index contributed by atoms with van der Waals surface area (Å²) in [4.78, 5) is 38.8. The first-order chi connectivity index (χ1) is 16.8. The lowest BCUT2D eigenvalue weighted by Crippen LogP contribution is -2.32. The lowest BCUT2D eigenvalue weighted by molar-refractivity contribution is -0.387. The van der Waals surface area contributed by atoms with Gasteiger partial charge in [0.25, 0.3) is 16.8 Å². The van der Waals surface area contributed by atoms with Crippen LogP contribution >= 0.6 is 46.7 Å². The first kappa shape index (κ1) is 25.1. The van der Waals surface area contributed by atoms with Crippen molar-refractivity contribution >= 4 is 69.6 Å². The molecule has 1 fully saturated rings. The minimum Gasteiger partial charge on any atom is -0.492 e. The second-order valence-electron chi connectivity index (χ2n) is 7.18. The van der Waals surface area contributed by atoms with E-state index in [0.717, 1.165) is 21.6 Å². The van der Waals surface area contributed by atoms with Gasteiger partial charge in [0, 0.05) is 21.0 Å². The molecule has 3 aromatic carbocycles. The van der Waals surface area contributed by atoms with E-state index in [9.17, 15) is 19.7 Å². The van der Waals surface area contributed by atoms with Crippen molar-refractivity contribution in [3.8, 4) is 5.75 Å². The van der Waals surface area contributed by atoms with Crippen LogP contribution in [-0.2, 0) is 4.79 Å². The molecule has 0 aliphatic carbocycles. The normalized spacial score (nSPS) is 14.6. The van der Waals surface area contributed by atoms with Crippen LogP contribution in [0.5, 0.6) is 5.75 Å². The van der Waals surface area contributed by atoms with Gasteiger partial charge in [-0.2, -0.15) is 0 Å². The number of rotatable bonds is 8. The Morgan fingerprint density at radius 2 is 1.66 bits per heavy atom. The van der Waals surface area contributed by atoms with Crippen LogP contribution in [0.3, 0.4) is 0 Å². The largest absolute Gasteiger partial charge is 0.492 e. The number of nitro benzene ring substituents is 1. The number of carbonyl (C=O) groups is 2. The molecule has 0 bridgehead atoms. The monoisotopic (exact) mass is 546 g/mol. The fourth-order valence-electron chi connectivity index (χ4n) is 3.11. The summed E-state index contributed by atoms with van der Waals surface area (Å²) in [6, 6.07) is 18.4. The summed E-state index contributed by atoms with van der Waals surface area (Å²) in [6.07, 6.45) is 1.48. The highest BCUT2D eigenvalue weighted by atomic mass is 35.5. The average molecular weight is 547 g/mol. The molecular formula is C24H16Cl2N2O5S2. The van der Waals surface area contributed by atoms with Gasteiger partial charge in [0.15, 0.2) is 0 Å². The Balaban J connectivity index is 1.46. The van der Waals surface area contributed by atoms with Crippen molar-refractivity contribution < 1.29 is 19.2 Å². The topological polar surface area (TPSA) is 89.8 Å². The zero-order valence-electron chi connectivity index (χ0n) is 17.9. The van der Waals surface area contributed by atoms with Crippen molar-refractivity contribution in [2.45, 2.75) is 9.79 Å². The number of amides is 2. The summed E-state index contributed by atoms with van der Waals surface area (Å²) >= 11 is 13.8. The first-order valence-electron chi connectivity index (χ1n) is 10.2. The summed E-state index contributed by atoms with van der Waals surface area (Å²) < 4.78 is 5.57. The molecule has 3 aromatic rings. The van der Waals surface area contributed by atoms with Crippen molar-refractivity contribution in [1.82, 2.24) is 4.90 Å². The average Bonchev–Trinajstić information content (AvgIpc) is 3.10. The van der Waals surface area contributed by atoms with Crippen molar-refractivity contribution in [3.63, 3.8) is 0 Å². The van der Waals surface area contributed by atoms with E-state index in [1.165, 1.54) is 23.9 Å². The Hall–Kier alpha value is -2.98. The van der Waals surface area contributed by atoms with Gasteiger partial charge in [0.1, 0.15) is 12.4 Å². The van der Waals surface area contributed by atoms with Gasteiger partial charge in [-0.25, -0.2) is 0 Å². The Kier molecular flexibility index (Phi) is 8.02. The number of carbonyl (C=O) groups excluding carboxylic acids is 2. The fourth-order valence-corrected chi connectivity index (χ4v) is 5.13. The van der Waals surface area contributed by atoms with Crippen molar-refractivity contribution in [3.05, 3.63) is 97.4 Å². The van der Waals surface area contributed by atoms with Crippen molar-refractivity contribution in [2.24, 2.45) is 0 Å². The maximum absolute atomic E-state index is 12.8. The maximum Gasteiger partial charge on any atom is 0.293 e. The van der Waals surface area contributed by atoms with Gasteiger partial charge in [-0.15, -0.1) is 0 Å². The van der Waals surface area contributed by atoms with E-state index in [1.54, 1.807) is 60.7 Å². The summed E-state index contributed by atoms with van der Waals surface area (Å²) in [5.41, 5.74) is 0.342. The Morgan fingerprint density at radius 1 is 1.00 bits per heavy atom. The highest BCUT2D eigenvalue weighted by molar-refractivity contribution is 8.18. The Morgan fingerprint density at radius 3 is 2.31 bits per heavy atom. The van der Waals surface area contributed by atoms with Gasteiger partial charge >= 0.3 is 0 Å². The van der Waals surface area contributed by atoms with E-state index < -0.39 is 16.1 Å². The van der Waals surface area contributed by atoms with Gasteiger partial charge in [-0.3, -0.25) is 24.6 Å². The van der Waals surface area contributed by atoms with Crippen molar-refractivity contribution in [1.29, 1.82) is 0 Å². The standard InChI is InChI=1S/C24H16Cl2N2O5S2/c25-16-2-6-18(7-3-16)33-12-11-27-23(29)22(35-24(27)30)14-15-1-10-21(20(13-15)28(31)32)34-19-8-4-17(26)5-9-19/h1-10,13-14H,11-12H2/b22-14-. The molecule has 178 valence electrons. The lowest BCUT2D eigenvalue weighted by atomic mass is 10.2. The highest BCUT2D eigenvalue weighted by Gasteiger charge is 2.35. The van der Waals surface area contributed by atoms with Gasteiger partial charge in [-0.05, 0) is 78.0 Å². The van der Waals surface area contributed by atoms with E-state index in [0.29, 0.717) is 26.3 Å². The van der Waals surface area contributed by atoms with Crippen molar-refractivity contribution in [2.75, 3.05) is 13.2 Å². The Bertz CT molecular complexity index is 1310. The minimum absolute atomic E-state index is 0.0709. The fraction of sp³-hybridized carbons (Fsp3) is 0.0833. The summed E-state index contributed by atoms with van der Waals surface area (Å²) in [5.74, 6) is 0.0998. The lowest BCUT2D eigenvalue weighted by Gasteiger charge is -2.13. The quantitative estimate of drug-likeness (QED) is 0.168. The third kappa shape index (κ3) is 6.37. The zero-order valence-corrected chi connectivity index (χ0v) is 21.0. The summed E-state index contributed by atoms with van der Waals surface area (Å²) in [5, 5.41) is 12.4. The molecule has 35 heavy (non-hydrogen) atoms. The number of hydrogen-bond acceptors (Lipinski definition) is 7. The molecule has 0 spiro atoms. The van der Waals surface area contributed by atoms with Crippen LogP contribution < -0.4 is 4.74 Å². The molecule has 1 aliphatic rings. The van der Waals surface area contributed by atoms with Crippen LogP contribution in [0.4, 0.5) is 10.5 Å². The number of halogens is 2. The number of hydrogen-bond donors (Lipinski definition) is 0. The number of nitrogens with zero attached hydrogens (tertiary/aromatic N) is 2. The predicted octanol–water partition coefficient (Wildman–Crippen LogP) is 7.17. The molecule has 0 unspecified atom stereocenters. The molecule has 0 aromatic heterocycles. The first-order valence-corrected chi connectivity index (χ1v) is 12.5. The molecule has 4 rings (SSSR count). The second-order valence-corrected chi connectivity index (χ2v) is 10.2. The van der Waals surface area contributed by atoms with Gasteiger partial charge in [0.2, 0.25) is 0 Å². The molecule has 7 nitrogen and oxygen atoms in total. The van der Waals surface area contributed by atoms with E-state index in [2.05, 4.69) is 0 Å². The van der Waals surface area contributed by atoms with E-state index in [1.807, 2.05) is 0 Å². The van der Waals surface area contributed by atoms with Crippen LogP contribution in [-0.4, -0.2) is 34.1 Å². The summed E-state index contributed by atoms with van der Waals surface area (Å²) in [6.45, 7) is 0.191. The minimum atomic E-state index is -0.477. The van der Waals surface area contributed by atoms with E-state index >= 15 is 0 Å². The van der Waals surface area contributed by atoms with Crippen LogP contribution in [0.15, 0.2) is 81.4 Å². The molecule has 1 saturated heterocycles. The zero-order chi connectivity index (χ0) is 24.9. The van der Waals surface area contributed by atoms with Crippen LogP contribution in [0.2, 0.25) is 10.0 Å². The Labute approximate surface area is 219 Å². The van der Waals surface area contributed by atoms with Gasteiger partial charge < -0.3 is 4.74 Å². The third-order valence-electron chi connectivity index (χ3n) is 4.79. The smallest absolute Gasteiger partial charge is 0.293 e. The molecule has 2 amide bonds. The number of benzene rings is 3. The highest BCUT2D eigenvalue weighted by Crippen LogP contribution is 2.37. The molecule has 0 N–H and O–H groups in total. The maximum atomic E-state index is 12.8. The molecule has 0 radical (unpaired) electrons. The van der Waals surface area contributed by atoms with E-state index in [-0.39, 0.29) is 23.7 Å². The second kappa shape index (κ2) is 11.2. The molecule has 1 aliphatic heterocycles. The molecular weight excluding hydrogens is 531 g/mol. The number of imide groups is 1. The third-order valence-corrected chi connectivity index (χ3v) is 7.27. The number of ether oxygens (including phenoxy) is 1. The van der Waals surface area contributed by atoms with Gasteiger partial charge in [0.05, 0.1) is 21.3 Å². The summed E-state index contributed by atoms with van der Waals surface area (Å²) in [7, 11) is 0. The molecule has 1 heterocycles. The van der Waals surface area contributed by atoms with Crippen LogP contribution in [0.25, 0.3) is 6.08 Å². The molecule has 0 saturated carbocycles. The number of thioether (sulfide) groups is 1.